The summed E-state index contributed by atoms with van der Waals surface area (Å²) in [5, 5.41) is 0. The number of anilines is 1. The van der Waals surface area contributed by atoms with E-state index in [-0.39, 0.29) is 0 Å². The van der Waals surface area contributed by atoms with Gasteiger partial charge in [-0.1, -0.05) is 12.1 Å². The first-order chi connectivity index (χ1) is 5.47. The van der Waals surface area contributed by atoms with Crippen LogP contribution in [0.2, 0.25) is 0 Å². The van der Waals surface area contributed by atoms with Crippen LogP contribution in [0.5, 0.6) is 0 Å². The molecule has 0 aliphatic rings. The highest BCUT2D eigenvalue weighted by Gasteiger charge is 1.98. The van der Waals surface area contributed by atoms with Crippen LogP contribution in [0.4, 0.5) is 5.69 Å². The summed E-state index contributed by atoms with van der Waals surface area (Å²) in [5.41, 5.74) is 7.25. The maximum absolute atomic E-state index is 11.3. The molecule has 0 saturated carbocycles. The Balaban J connectivity index is 2.91. The van der Waals surface area contributed by atoms with Crippen LogP contribution in [0.25, 0.3) is 0 Å². The number of hydrogen-bond acceptors (Lipinski definition) is 2. The van der Waals surface area contributed by atoms with E-state index in [1.807, 2.05) is 24.3 Å². The van der Waals surface area contributed by atoms with E-state index >= 15 is 0 Å². The van der Waals surface area contributed by atoms with E-state index in [4.69, 9.17) is 5.73 Å². The second kappa shape index (κ2) is 3.19. The van der Waals surface area contributed by atoms with Crippen molar-refractivity contribution in [3.8, 4) is 0 Å². The Kier molecular flexibility index (Phi) is 2.43. The van der Waals surface area contributed by atoms with E-state index in [9.17, 15) is 4.21 Å². The van der Waals surface area contributed by atoms with Crippen molar-refractivity contribution in [3.63, 3.8) is 0 Å². The monoisotopic (exact) mass is 183 g/mol. The fourth-order valence-corrected chi connectivity index (χ4v) is 1.92. The summed E-state index contributed by atoms with van der Waals surface area (Å²) in [5.74, 6) is 4.08. The zero-order valence-corrected chi connectivity index (χ0v) is 7.93. The fourth-order valence-electron chi connectivity index (χ4n) is 1.04. The third-order valence-electron chi connectivity index (χ3n) is 1.42. The van der Waals surface area contributed by atoms with E-state index in [2.05, 4.69) is 5.87 Å². The molecule has 0 bridgehead atoms. The highest BCUT2D eigenvalue weighted by molar-refractivity contribution is 7.98. The van der Waals surface area contributed by atoms with Crippen molar-refractivity contribution >= 4 is 21.1 Å². The number of hydrogen-bond donors (Lipinski definition) is 1. The molecular formula is C9H13NOS. The van der Waals surface area contributed by atoms with Crippen molar-refractivity contribution in [3.05, 3.63) is 29.8 Å². The third-order valence-corrected chi connectivity index (χ3v) is 2.37. The molecule has 2 N–H and O–H groups in total. The van der Waals surface area contributed by atoms with Gasteiger partial charge in [-0.25, -0.2) is 0 Å². The molecule has 1 rings (SSSR count). The summed E-state index contributed by atoms with van der Waals surface area (Å²) in [4.78, 5) is 0. The molecular weight excluding hydrogens is 170 g/mol. The molecule has 0 saturated heterocycles. The normalized spacial score (nSPS) is 15.4. The van der Waals surface area contributed by atoms with Crippen molar-refractivity contribution in [1.29, 1.82) is 0 Å². The largest absolute Gasteiger partial charge is 0.399 e. The van der Waals surface area contributed by atoms with Gasteiger partial charge in [0, 0.05) is 17.7 Å². The molecule has 1 aromatic rings. The van der Waals surface area contributed by atoms with Gasteiger partial charge < -0.3 is 5.73 Å². The first-order valence-corrected chi connectivity index (χ1v) is 5.92. The van der Waals surface area contributed by atoms with Gasteiger partial charge in [0.2, 0.25) is 0 Å². The Bertz CT molecular complexity index is 368. The molecule has 0 heterocycles. The van der Waals surface area contributed by atoms with Crippen molar-refractivity contribution in [2.45, 2.75) is 5.75 Å². The van der Waals surface area contributed by atoms with Gasteiger partial charge in [-0.3, -0.25) is 4.21 Å². The lowest BCUT2D eigenvalue weighted by atomic mass is 10.2. The molecule has 0 fully saturated rings. The van der Waals surface area contributed by atoms with Gasteiger partial charge >= 0.3 is 0 Å². The SMILES string of the molecule is C=S(C)(=O)Cc1cccc(N)c1. The Hall–Kier alpha value is -0.960. The van der Waals surface area contributed by atoms with Crippen molar-refractivity contribution in [2.24, 2.45) is 0 Å². The minimum atomic E-state index is -1.95. The van der Waals surface area contributed by atoms with Gasteiger partial charge in [0.25, 0.3) is 0 Å². The van der Waals surface area contributed by atoms with Gasteiger partial charge in [-0.2, -0.15) is 0 Å². The Morgan fingerprint density at radius 2 is 2.25 bits per heavy atom. The molecule has 12 heavy (non-hydrogen) atoms. The summed E-state index contributed by atoms with van der Waals surface area (Å²) < 4.78 is 11.3. The summed E-state index contributed by atoms with van der Waals surface area (Å²) in [7, 11) is -1.95. The molecule has 0 spiro atoms. The number of nitrogen functional groups attached to an aromatic ring is 1. The predicted molar refractivity (Wildman–Crippen MR) is 55.7 cm³/mol. The first-order valence-electron chi connectivity index (χ1n) is 3.62. The van der Waals surface area contributed by atoms with Gasteiger partial charge in [0.15, 0.2) is 0 Å². The maximum atomic E-state index is 11.3. The average molecular weight is 183 g/mol. The molecule has 0 aliphatic heterocycles. The summed E-state index contributed by atoms with van der Waals surface area (Å²) in [6, 6.07) is 7.40. The second-order valence-corrected chi connectivity index (χ2v) is 5.73. The standard InChI is InChI=1S/C9H13NOS/c1-12(2,11)7-8-4-3-5-9(10)6-8/h3-6H,1,7,10H2,2H3. The lowest BCUT2D eigenvalue weighted by Crippen LogP contribution is -2.00. The van der Waals surface area contributed by atoms with Gasteiger partial charge in [-0.05, 0) is 33.1 Å². The zero-order valence-electron chi connectivity index (χ0n) is 7.12. The van der Waals surface area contributed by atoms with Crippen LogP contribution in [-0.4, -0.2) is 16.3 Å². The molecule has 66 valence electrons. The third kappa shape index (κ3) is 2.96. The molecule has 3 heteroatoms. The smallest absolute Gasteiger partial charge is 0.0407 e. The second-order valence-electron chi connectivity index (χ2n) is 3.07. The van der Waals surface area contributed by atoms with Gasteiger partial charge in [-0.15, -0.1) is 0 Å². The van der Waals surface area contributed by atoms with E-state index < -0.39 is 9.52 Å². The van der Waals surface area contributed by atoms with Crippen LogP contribution in [-0.2, 0) is 15.3 Å². The summed E-state index contributed by atoms with van der Waals surface area (Å²) in [6.07, 6.45) is 1.65. The molecule has 0 radical (unpaired) electrons. The van der Waals surface area contributed by atoms with Crippen LogP contribution in [0.3, 0.4) is 0 Å². The van der Waals surface area contributed by atoms with E-state index in [1.165, 1.54) is 0 Å². The van der Waals surface area contributed by atoms with E-state index in [1.54, 1.807) is 6.26 Å². The number of nitrogens with two attached hydrogens (primary N) is 1. The molecule has 0 amide bonds. The molecule has 1 unspecified atom stereocenters. The predicted octanol–water partition coefficient (Wildman–Crippen LogP) is 1.12. The van der Waals surface area contributed by atoms with Gasteiger partial charge in [0.05, 0.1) is 0 Å². The van der Waals surface area contributed by atoms with E-state index in [0.717, 1.165) is 5.56 Å². The van der Waals surface area contributed by atoms with Crippen LogP contribution in [0, 0.1) is 0 Å². The molecule has 0 aromatic heterocycles. The molecule has 1 atom stereocenters. The average Bonchev–Trinajstić information content (AvgIpc) is 1.82. The topological polar surface area (TPSA) is 43.1 Å². The highest BCUT2D eigenvalue weighted by atomic mass is 32.2. The lowest BCUT2D eigenvalue weighted by Gasteiger charge is -2.02. The minimum absolute atomic E-state index is 0.498. The van der Waals surface area contributed by atoms with Crippen molar-refractivity contribution in [1.82, 2.24) is 0 Å². The Morgan fingerprint density at radius 1 is 1.58 bits per heavy atom. The van der Waals surface area contributed by atoms with Crippen LogP contribution in [0.1, 0.15) is 5.56 Å². The number of benzene rings is 1. The van der Waals surface area contributed by atoms with Gasteiger partial charge in [0.1, 0.15) is 0 Å². The van der Waals surface area contributed by atoms with Crippen LogP contribution in [0.15, 0.2) is 24.3 Å². The molecule has 2 nitrogen and oxygen atoms in total. The quantitative estimate of drug-likeness (QED) is 0.551. The Morgan fingerprint density at radius 3 is 2.75 bits per heavy atom. The first kappa shape index (κ1) is 9.13. The molecule has 1 aromatic carbocycles. The fraction of sp³-hybridized carbons (Fsp3) is 0.222. The minimum Gasteiger partial charge on any atom is -0.399 e. The summed E-state index contributed by atoms with van der Waals surface area (Å²) in [6.45, 7) is 0. The van der Waals surface area contributed by atoms with Crippen LogP contribution >= 0.6 is 0 Å². The van der Waals surface area contributed by atoms with E-state index in [0.29, 0.717) is 11.4 Å². The Labute approximate surface area is 73.4 Å². The molecule has 0 aliphatic carbocycles. The lowest BCUT2D eigenvalue weighted by molar-refractivity contribution is 0.684. The highest BCUT2D eigenvalue weighted by Crippen LogP contribution is 2.09. The zero-order chi connectivity index (χ0) is 9.19. The van der Waals surface area contributed by atoms with Crippen LogP contribution < -0.4 is 5.73 Å². The van der Waals surface area contributed by atoms with Crippen molar-refractivity contribution < 1.29 is 4.21 Å². The maximum Gasteiger partial charge on any atom is 0.0407 e. The number of rotatable bonds is 2. The summed E-state index contributed by atoms with van der Waals surface area (Å²) >= 11 is 0. The van der Waals surface area contributed by atoms with Crippen molar-refractivity contribution in [2.75, 3.05) is 12.0 Å².